The average molecular weight is 406 g/mol. The van der Waals surface area contributed by atoms with Gasteiger partial charge >= 0.3 is 0 Å². The van der Waals surface area contributed by atoms with Gasteiger partial charge in [0.1, 0.15) is 6.61 Å². The molecule has 25 heavy (non-hydrogen) atoms. The first-order chi connectivity index (χ1) is 12.2. The van der Waals surface area contributed by atoms with Gasteiger partial charge in [0, 0.05) is 10.9 Å². The lowest BCUT2D eigenvalue weighted by Gasteiger charge is -2.10. The summed E-state index contributed by atoms with van der Waals surface area (Å²) < 4.78 is 11.9. The molecule has 0 saturated heterocycles. The lowest BCUT2D eigenvalue weighted by Crippen LogP contribution is -2.27. The van der Waals surface area contributed by atoms with E-state index in [9.17, 15) is 4.79 Å². The first-order valence-electron chi connectivity index (χ1n) is 8.46. The second kappa shape index (κ2) is 10.8. The van der Waals surface area contributed by atoms with Crippen LogP contribution in [0.4, 0.5) is 0 Å². The fourth-order valence-electron chi connectivity index (χ4n) is 2.44. The Kier molecular flexibility index (Phi) is 8.32. The number of rotatable bonds is 10. The van der Waals surface area contributed by atoms with Crippen LogP contribution < -0.4 is 14.8 Å². The van der Waals surface area contributed by atoms with Crippen LogP contribution in [0.25, 0.3) is 0 Å². The highest BCUT2D eigenvalue weighted by Gasteiger charge is 2.04. The molecular weight excluding hydrogens is 382 g/mol. The first kappa shape index (κ1) is 19.3. The van der Waals surface area contributed by atoms with Crippen molar-refractivity contribution < 1.29 is 14.3 Å². The standard InChI is InChI=1S/C20H24BrNO3/c1-24-18-7-3-4-8-19(18)25-15-14-22-20(23)9-5-2-6-16-10-12-17(21)13-11-16/h3-4,7-8,10-13H,2,5-6,9,14-15H2,1H3,(H,22,23). The predicted octanol–water partition coefficient (Wildman–Crippen LogP) is 4.37. The SMILES string of the molecule is COc1ccccc1OCCNC(=O)CCCCc1ccc(Br)cc1. The van der Waals surface area contributed by atoms with Gasteiger partial charge in [0.25, 0.3) is 0 Å². The van der Waals surface area contributed by atoms with E-state index in [1.54, 1.807) is 7.11 Å². The monoisotopic (exact) mass is 405 g/mol. The molecule has 2 aromatic carbocycles. The molecule has 1 N–H and O–H groups in total. The molecule has 2 rings (SSSR count). The molecule has 134 valence electrons. The van der Waals surface area contributed by atoms with E-state index in [1.165, 1.54) is 5.56 Å². The molecule has 0 atom stereocenters. The largest absolute Gasteiger partial charge is 0.493 e. The molecule has 2 aromatic rings. The van der Waals surface area contributed by atoms with Crippen LogP contribution in [0.5, 0.6) is 11.5 Å². The Morgan fingerprint density at radius 1 is 1.04 bits per heavy atom. The highest BCUT2D eigenvalue weighted by atomic mass is 79.9. The van der Waals surface area contributed by atoms with Crippen molar-refractivity contribution >= 4 is 21.8 Å². The molecule has 0 aromatic heterocycles. The van der Waals surface area contributed by atoms with Gasteiger partial charge in [-0.15, -0.1) is 0 Å². The normalized spacial score (nSPS) is 10.3. The number of methoxy groups -OCH3 is 1. The number of carbonyl (C=O) groups excluding carboxylic acids is 1. The number of hydrogen-bond donors (Lipinski definition) is 1. The maximum atomic E-state index is 11.8. The van der Waals surface area contributed by atoms with E-state index in [4.69, 9.17) is 9.47 Å². The van der Waals surface area contributed by atoms with Crippen molar-refractivity contribution in [1.29, 1.82) is 0 Å². The summed E-state index contributed by atoms with van der Waals surface area (Å²) in [6.45, 7) is 0.911. The van der Waals surface area contributed by atoms with Crippen molar-refractivity contribution in [1.82, 2.24) is 5.32 Å². The molecule has 0 bridgehead atoms. The molecular formula is C20H24BrNO3. The van der Waals surface area contributed by atoms with Gasteiger partial charge in [0.2, 0.25) is 5.91 Å². The van der Waals surface area contributed by atoms with Gasteiger partial charge in [0.15, 0.2) is 11.5 Å². The minimum absolute atomic E-state index is 0.0689. The summed E-state index contributed by atoms with van der Waals surface area (Å²) in [4.78, 5) is 11.8. The number of hydrogen-bond acceptors (Lipinski definition) is 3. The third kappa shape index (κ3) is 7.18. The van der Waals surface area contributed by atoms with E-state index in [2.05, 4.69) is 33.4 Å². The molecule has 0 heterocycles. The van der Waals surface area contributed by atoms with Crippen LogP contribution in [0.3, 0.4) is 0 Å². The van der Waals surface area contributed by atoms with Crippen molar-refractivity contribution in [2.45, 2.75) is 25.7 Å². The summed E-state index contributed by atoms with van der Waals surface area (Å²) >= 11 is 3.43. The van der Waals surface area contributed by atoms with Crippen LogP contribution in [0.2, 0.25) is 0 Å². The van der Waals surface area contributed by atoms with E-state index in [1.807, 2.05) is 36.4 Å². The number of amides is 1. The lowest BCUT2D eigenvalue weighted by atomic mass is 10.1. The number of ether oxygens (including phenoxy) is 2. The first-order valence-corrected chi connectivity index (χ1v) is 9.25. The van der Waals surface area contributed by atoms with Crippen molar-refractivity contribution in [2.24, 2.45) is 0 Å². The minimum atomic E-state index is 0.0689. The van der Waals surface area contributed by atoms with Gasteiger partial charge in [-0.3, -0.25) is 4.79 Å². The van der Waals surface area contributed by atoms with E-state index in [0.717, 1.165) is 23.7 Å². The quantitative estimate of drug-likeness (QED) is 0.597. The molecule has 0 aliphatic rings. The van der Waals surface area contributed by atoms with Crippen molar-refractivity contribution in [3.63, 3.8) is 0 Å². The molecule has 0 aliphatic carbocycles. The molecule has 0 spiro atoms. The molecule has 4 nitrogen and oxygen atoms in total. The fraction of sp³-hybridized carbons (Fsp3) is 0.350. The number of nitrogens with one attached hydrogen (secondary N) is 1. The lowest BCUT2D eigenvalue weighted by molar-refractivity contribution is -0.121. The Morgan fingerprint density at radius 2 is 1.76 bits per heavy atom. The van der Waals surface area contributed by atoms with Gasteiger partial charge < -0.3 is 14.8 Å². The number of halogens is 1. The van der Waals surface area contributed by atoms with Gasteiger partial charge in [-0.1, -0.05) is 40.2 Å². The molecule has 5 heteroatoms. The van der Waals surface area contributed by atoms with Crippen LogP contribution in [0.1, 0.15) is 24.8 Å². The number of unbranched alkanes of at least 4 members (excludes halogenated alkanes) is 1. The van der Waals surface area contributed by atoms with Crippen molar-refractivity contribution in [3.05, 3.63) is 58.6 Å². The third-order valence-electron chi connectivity index (χ3n) is 3.78. The van der Waals surface area contributed by atoms with Crippen LogP contribution in [-0.2, 0) is 11.2 Å². The summed E-state index contributed by atoms with van der Waals surface area (Å²) in [6, 6.07) is 15.8. The maximum absolute atomic E-state index is 11.8. The Labute approximate surface area is 157 Å². The Morgan fingerprint density at radius 3 is 2.48 bits per heavy atom. The summed E-state index contributed by atoms with van der Waals surface area (Å²) in [7, 11) is 1.61. The average Bonchev–Trinajstić information content (AvgIpc) is 2.64. The molecule has 0 saturated carbocycles. The highest BCUT2D eigenvalue weighted by Crippen LogP contribution is 2.25. The zero-order chi connectivity index (χ0) is 17.9. The number of para-hydroxylation sites is 2. The smallest absolute Gasteiger partial charge is 0.220 e. The molecule has 0 aliphatic heterocycles. The zero-order valence-corrected chi connectivity index (χ0v) is 16.1. The Hall–Kier alpha value is -2.01. The van der Waals surface area contributed by atoms with E-state index < -0.39 is 0 Å². The summed E-state index contributed by atoms with van der Waals surface area (Å²) in [5.74, 6) is 1.45. The minimum Gasteiger partial charge on any atom is -0.493 e. The topological polar surface area (TPSA) is 47.6 Å². The van der Waals surface area contributed by atoms with Crippen LogP contribution in [0, 0.1) is 0 Å². The van der Waals surface area contributed by atoms with E-state index in [0.29, 0.717) is 31.1 Å². The summed E-state index contributed by atoms with van der Waals surface area (Å²) in [5.41, 5.74) is 1.30. The van der Waals surface area contributed by atoms with Crippen molar-refractivity contribution in [2.75, 3.05) is 20.3 Å². The van der Waals surface area contributed by atoms with E-state index >= 15 is 0 Å². The van der Waals surface area contributed by atoms with Gasteiger partial charge in [-0.25, -0.2) is 0 Å². The third-order valence-corrected chi connectivity index (χ3v) is 4.31. The predicted molar refractivity (Wildman–Crippen MR) is 103 cm³/mol. The van der Waals surface area contributed by atoms with Crippen LogP contribution in [-0.4, -0.2) is 26.2 Å². The molecule has 0 fully saturated rings. The zero-order valence-electron chi connectivity index (χ0n) is 14.5. The van der Waals surface area contributed by atoms with E-state index in [-0.39, 0.29) is 5.91 Å². The maximum Gasteiger partial charge on any atom is 0.220 e. The molecule has 0 radical (unpaired) electrons. The molecule has 1 amide bonds. The van der Waals surface area contributed by atoms with Gasteiger partial charge in [-0.05, 0) is 49.1 Å². The van der Waals surface area contributed by atoms with Gasteiger partial charge in [-0.2, -0.15) is 0 Å². The molecule has 0 unspecified atom stereocenters. The second-order valence-corrected chi connectivity index (χ2v) is 6.60. The Bertz CT molecular complexity index is 658. The van der Waals surface area contributed by atoms with Crippen molar-refractivity contribution in [3.8, 4) is 11.5 Å². The Balaban J connectivity index is 1.56. The summed E-state index contributed by atoms with van der Waals surface area (Å²) in [5, 5.41) is 2.89. The van der Waals surface area contributed by atoms with Crippen LogP contribution in [0.15, 0.2) is 53.0 Å². The second-order valence-electron chi connectivity index (χ2n) is 5.68. The summed E-state index contributed by atoms with van der Waals surface area (Å²) in [6.07, 6.45) is 3.44. The highest BCUT2D eigenvalue weighted by molar-refractivity contribution is 9.10. The van der Waals surface area contributed by atoms with Crippen LogP contribution >= 0.6 is 15.9 Å². The number of carbonyl (C=O) groups is 1. The number of benzene rings is 2. The van der Waals surface area contributed by atoms with Gasteiger partial charge in [0.05, 0.1) is 13.7 Å². The number of aryl methyl sites for hydroxylation is 1. The fourth-order valence-corrected chi connectivity index (χ4v) is 2.71.